The molecule has 0 aromatic rings. The molecule has 1 unspecified atom stereocenters. The van der Waals surface area contributed by atoms with E-state index in [4.69, 9.17) is 5.41 Å². The lowest BCUT2D eigenvalue weighted by Crippen LogP contribution is -2.08. The van der Waals surface area contributed by atoms with Crippen molar-refractivity contribution in [3.8, 4) is 0 Å². The summed E-state index contributed by atoms with van der Waals surface area (Å²) in [6, 6.07) is 0. The summed E-state index contributed by atoms with van der Waals surface area (Å²) < 4.78 is 0. The van der Waals surface area contributed by atoms with Gasteiger partial charge in [0.1, 0.15) is 0 Å². The molecule has 1 nitrogen and oxygen atoms in total. The van der Waals surface area contributed by atoms with Gasteiger partial charge in [0.25, 0.3) is 0 Å². The Morgan fingerprint density at radius 3 is 2.23 bits per heavy atom. The van der Waals surface area contributed by atoms with Crippen LogP contribution in [0.15, 0.2) is 23.3 Å². The molecule has 0 rings (SSSR count). The maximum atomic E-state index is 7.58. The van der Waals surface area contributed by atoms with Crippen LogP contribution in [0.2, 0.25) is 0 Å². The maximum Gasteiger partial charge on any atom is 0.0147 e. The largest absolute Gasteiger partial charge is 0.309 e. The highest BCUT2D eigenvalue weighted by atomic mass is 14.4. The van der Waals surface area contributed by atoms with Crippen LogP contribution in [0.25, 0.3) is 0 Å². The van der Waals surface area contributed by atoms with Crippen LogP contribution < -0.4 is 0 Å². The molecule has 0 aromatic carbocycles. The van der Waals surface area contributed by atoms with E-state index in [1.165, 1.54) is 11.1 Å². The summed E-state index contributed by atoms with van der Waals surface area (Å²) in [6.07, 6.45) is 5.33. The van der Waals surface area contributed by atoms with Crippen LogP contribution in [0, 0.1) is 11.3 Å². The topological polar surface area (TPSA) is 23.9 Å². The minimum atomic E-state index is 0.292. The lowest BCUT2D eigenvalue weighted by molar-refractivity contribution is 0.838. The Morgan fingerprint density at radius 1 is 1.38 bits per heavy atom. The number of nitrogens with one attached hydrogen (secondary N) is 1. The molecule has 1 heteroatoms. The summed E-state index contributed by atoms with van der Waals surface area (Å²) >= 11 is 0. The fourth-order valence-corrected chi connectivity index (χ4v) is 1.19. The van der Waals surface area contributed by atoms with Crippen molar-refractivity contribution in [2.45, 2.75) is 41.0 Å². The minimum absolute atomic E-state index is 0.292. The Morgan fingerprint density at radius 2 is 1.92 bits per heavy atom. The zero-order chi connectivity index (χ0) is 10.4. The zero-order valence-electron chi connectivity index (χ0n) is 9.44. The van der Waals surface area contributed by atoms with Crippen molar-refractivity contribution < 1.29 is 0 Å². The summed E-state index contributed by atoms with van der Waals surface area (Å²) in [5.74, 6) is 0.292. The highest BCUT2D eigenvalue weighted by Gasteiger charge is 2.08. The van der Waals surface area contributed by atoms with Gasteiger partial charge in [-0.1, -0.05) is 37.1 Å². The van der Waals surface area contributed by atoms with Gasteiger partial charge >= 0.3 is 0 Å². The average Bonchev–Trinajstić information content (AvgIpc) is 2.12. The molecule has 0 amide bonds. The van der Waals surface area contributed by atoms with Gasteiger partial charge in [0.15, 0.2) is 0 Å². The van der Waals surface area contributed by atoms with Crippen molar-refractivity contribution in [2.24, 2.45) is 5.92 Å². The molecule has 13 heavy (non-hydrogen) atoms. The molecule has 0 aromatic heterocycles. The predicted molar refractivity (Wildman–Crippen MR) is 60.4 cm³/mol. The molecule has 0 aliphatic heterocycles. The average molecular weight is 179 g/mol. The van der Waals surface area contributed by atoms with E-state index in [0.717, 1.165) is 12.1 Å². The molecular weight excluding hydrogens is 158 g/mol. The number of allylic oxidation sites excluding steroid dienone is 4. The van der Waals surface area contributed by atoms with Gasteiger partial charge in [-0.25, -0.2) is 0 Å². The second-order valence-corrected chi connectivity index (χ2v) is 3.51. The second-order valence-electron chi connectivity index (χ2n) is 3.51. The summed E-state index contributed by atoms with van der Waals surface area (Å²) in [7, 11) is 0. The molecule has 0 aliphatic rings. The van der Waals surface area contributed by atoms with Crippen LogP contribution in [0.4, 0.5) is 0 Å². The first-order valence-corrected chi connectivity index (χ1v) is 4.91. The Balaban J connectivity index is 4.69. The molecule has 1 N–H and O–H groups in total. The van der Waals surface area contributed by atoms with Gasteiger partial charge in [-0.15, -0.1) is 0 Å². The van der Waals surface area contributed by atoms with Gasteiger partial charge in [-0.2, -0.15) is 0 Å². The van der Waals surface area contributed by atoms with Gasteiger partial charge in [-0.3, -0.25) is 0 Å². The van der Waals surface area contributed by atoms with E-state index < -0.39 is 0 Å². The van der Waals surface area contributed by atoms with Crippen LogP contribution in [-0.4, -0.2) is 5.71 Å². The molecule has 0 fully saturated rings. The standard InChI is InChI=1S/C12H21N/c1-6-9(3)8-12(7-2)10(4)11(5)13/h6,8,10,13H,7H2,1-5H3/b9-6?,12-8-,13-11?. The van der Waals surface area contributed by atoms with Gasteiger partial charge in [-0.05, 0) is 27.2 Å². The number of rotatable bonds is 4. The van der Waals surface area contributed by atoms with Crippen molar-refractivity contribution in [1.82, 2.24) is 0 Å². The van der Waals surface area contributed by atoms with Crippen molar-refractivity contribution in [3.63, 3.8) is 0 Å². The van der Waals surface area contributed by atoms with E-state index in [1.54, 1.807) is 0 Å². The third-order valence-corrected chi connectivity index (χ3v) is 2.48. The van der Waals surface area contributed by atoms with Crippen LogP contribution >= 0.6 is 0 Å². The van der Waals surface area contributed by atoms with Crippen molar-refractivity contribution in [3.05, 3.63) is 23.3 Å². The van der Waals surface area contributed by atoms with E-state index in [2.05, 4.69) is 32.9 Å². The zero-order valence-corrected chi connectivity index (χ0v) is 9.44. The molecule has 74 valence electrons. The van der Waals surface area contributed by atoms with E-state index >= 15 is 0 Å². The third kappa shape index (κ3) is 4.07. The van der Waals surface area contributed by atoms with Gasteiger partial charge < -0.3 is 5.41 Å². The molecule has 0 spiro atoms. The summed E-state index contributed by atoms with van der Waals surface area (Å²) in [5, 5.41) is 7.58. The molecule has 0 bridgehead atoms. The molecule has 0 heterocycles. The monoisotopic (exact) mass is 179 g/mol. The van der Waals surface area contributed by atoms with Crippen molar-refractivity contribution in [1.29, 1.82) is 5.41 Å². The SMILES string of the molecule is CC=C(C)/C=C(/CC)C(C)C(C)=N. The number of hydrogen-bond acceptors (Lipinski definition) is 1. The second kappa shape index (κ2) is 5.74. The fourth-order valence-electron chi connectivity index (χ4n) is 1.19. The van der Waals surface area contributed by atoms with Crippen LogP contribution in [0.3, 0.4) is 0 Å². The lowest BCUT2D eigenvalue weighted by Gasteiger charge is -2.13. The fraction of sp³-hybridized carbons (Fsp3) is 0.583. The quantitative estimate of drug-likeness (QED) is 0.499. The van der Waals surface area contributed by atoms with Crippen molar-refractivity contribution in [2.75, 3.05) is 0 Å². The molecule has 0 saturated carbocycles. The predicted octanol–water partition coefficient (Wildman–Crippen LogP) is 3.96. The lowest BCUT2D eigenvalue weighted by atomic mass is 9.93. The minimum Gasteiger partial charge on any atom is -0.309 e. The molecule has 1 atom stereocenters. The molecule has 0 radical (unpaired) electrons. The first kappa shape index (κ1) is 12.2. The number of hydrogen-bond donors (Lipinski definition) is 1. The highest BCUT2D eigenvalue weighted by Crippen LogP contribution is 2.17. The molecular formula is C12H21N. The van der Waals surface area contributed by atoms with Gasteiger partial charge in [0, 0.05) is 11.6 Å². The maximum absolute atomic E-state index is 7.58. The van der Waals surface area contributed by atoms with Crippen LogP contribution in [0.1, 0.15) is 41.0 Å². The van der Waals surface area contributed by atoms with Crippen LogP contribution in [-0.2, 0) is 0 Å². The molecule has 0 saturated heterocycles. The van der Waals surface area contributed by atoms with Crippen LogP contribution in [0.5, 0.6) is 0 Å². The molecule has 0 aliphatic carbocycles. The summed E-state index contributed by atoms with van der Waals surface area (Å²) in [6.45, 7) is 10.3. The Kier molecular flexibility index (Phi) is 5.36. The van der Waals surface area contributed by atoms with Crippen molar-refractivity contribution >= 4 is 5.71 Å². The highest BCUT2D eigenvalue weighted by molar-refractivity contribution is 5.83. The Hall–Kier alpha value is -0.850. The van der Waals surface area contributed by atoms with Gasteiger partial charge in [0.2, 0.25) is 0 Å². The van der Waals surface area contributed by atoms with Gasteiger partial charge in [0.05, 0.1) is 0 Å². The van der Waals surface area contributed by atoms with E-state index in [0.29, 0.717) is 5.92 Å². The smallest absolute Gasteiger partial charge is 0.0147 e. The summed E-state index contributed by atoms with van der Waals surface area (Å²) in [5.41, 5.74) is 3.38. The first-order chi connectivity index (χ1) is 6.02. The Labute approximate surface area is 82.1 Å². The summed E-state index contributed by atoms with van der Waals surface area (Å²) in [4.78, 5) is 0. The third-order valence-electron chi connectivity index (χ3n) is 2.48. The van der Waals surface area contributed by atoms with E-state index in [9.17, 15) is 0 Å². The van der Waals surface area contributed by atoms with E-state index in [1.807, 2.05) is 13.8 Å². The van der Waals surface area contributed by atoms with E-state index in [-0.39, 0.29) is 0 Å². The normalized spacial score (nSPS) is 15.8. The Bertz CT molecular complexity index is 234. The first-order valence-electron chi connectivity index (χ1n) is 4.91.